The van der Waals surface area contributed by atoms with Crippen molar-refractivity contribution >= 4 is 6.09 Å². The van der Waals surface area contributed by atoms with E-state index in [9.17, 15) is 14.7 Å². The number of nitrogens with zero attached hydrogens (tertiary/aromatic N) is 1. The number of aliphatic hydroxyl groups excluding tert-OH is 1. The quantitative estimate of drug-likeness (QED) is 0.584. The first kappa shape index (κ1) is 25.2. The van der Waals surface area contributed by atoms with Gasteiger partial charge in [-0.15, -0.1) is 0 Å². The first-order valence-electron chi connectivity index (χ1n) is 14.4. The van der Waals surface area contributed by atoms with Crippen LogP contribution in [0.15, 0.2) is 39.3 Å². The van der Waals surface area contributed by atoms with Crippen LogP contribution in [0.4, 0.5) is 4.79 Å². The Morgan fingerprint density at radius 1 is 1.22 bits per heavy atom. The van der Waals surface area contributed by atoms with Gasteiger partial charge in [0.15, 0.2) is 0 Å². The molecule has 1 unspecified atom stereocenters. The first-order chi connectivity index (χ1) is 17.8. The summed E-state index contributed by atoms with van der Waals surface area (Å²) in [5.41, 5.74) is 2.97. The monoisotopic (exact) mass is 510 g/mol. The Morgan fingerprint density at radius 3 is 2.86 bits per heavy atom. The van der Waals surface area contributed by atoms with Crippen LogP contribution in [-0.4, -0.2) is 54.5 Å². The molecule has 1 saturated heterocycles. The van der Waals surface area contributed by atoms with Crippen molar-refractivity contribution < 1.29 is 19.1 Å². The summed E-state index contributed by atoms with van der Waals surface area (Å²) in [7, 11) is 0. The molecule has 0 spiro atoms. The van der Waals surface area contributed by atoms with E-state index in [1.165, 1.54) is 25.7 Å². The van der Waals surface area contributed by atoms with Crippen LogP contribution in [0.5, 0.6) is 0 Å². The van der Waals surface area contributed by atoms with Gasteiger partial charge in [-0.2, -0.15) is 0 Å². The lowest BCUT2D eigenvalue weighted by molar-refractivity contribution is -0.0876. The Bertz CT molecular complexity index is 1090. The van der Waals surface area contributed by atoms with Gasteiger partial charge < -0.3 is 24.5 Å². The number of hydrogen-bond donors (Lipinski definition) is 2. The van der Waals surface area contributed by atoms with Gasteiger partial charge in [0.2, 0.25) is 0 Å². The molecular formula is C30H42N2O5. The second-order valence-corrected chi connectivity index (χ2v) is 12.8. The molecular weight excluding hydrogens is 468 g/mol. The van der Waals surface area contributed by atoms with Crippen LogP contribution in [0.3, 0.4) is 0 Å². The van der Waals surface area contributed by atoms with Crippen LogP contribution in [0.25, 0.3) is 0 Å². The van der Waals surface area contributed by atoms with Gasteiger partial charge in [0, 0.05) is 31.7 Å². The van der Waals surface area contributed by atoms with Gasteiger partial charge in [0.05, 0.1) is 12.9 Å². The number of ether oxygens (including phenoxy) is 1. The summed E-state index contributed by atoms with van der Waals surface area (Å²) in [6, 6.07) is 3.47. The predicted octanol–water partition coefficient (Wildman–Crippen LogP) is 4.46. The van der Waals surface area contributed by atoms with Crippen molar-refractivity contribution in [3.63, 3.8) is 0 Å². The van der Waals surface area contributed by atoms with E-state index in [-0.39, 0.29) is 35.9 Å². The zero-order chi connectivity index (χ0) is 25.8. The van der Waals surface area contributed by atoms with Crippen LogP contribution < -0.4 is 10.9 Å². The average Bonchev–Trinajstić information content (AvgIpc) is 3.26. The normalized spacial score (nSPS) is 41.3. The second-order valence-electron chi connectivity index (χ2n) is 12.8. The molecule has 0 bridgehead atoms. The number of carbonyl (C=O) groups is 1. The number of nitrogens with one attached hydrogen (secondary N) is 1. The molecule has 1 aliphatic heterocycles. The van der Waals surface area contributed by atoms with Gasteiger partial charge in [0.1, 0.15) is 6.10 Å². The molecule has 1 aromatic heterocycles. The second kappa shape index (κ2) is 9.57. The molecule has 7 heteroatoms. The number of allylic oxidation sites excluding steroid dienone is 2. The van der Waals surface area contributed by atoms with Crippen LogP contribution in [-0.2, 0) is 4.74 Å². The smallest absolute Gasteiger partial charge is 0.410 e. The van der Waals surface area contributed by atoms with Gasteiger partial charge in [-0.25, -0.2) is 9.59 Å². The highest BCUT2D eigenvalue weighted by Crippen LogP contribution is 2.67. The molecule has 7 nitrogen and oxygen atoms in total. The molecule has 3 saturated carbocycles. The van der Waals surface area contributed by atoms with Crippen LogP contribution >= 0.6 is 0 Å². The van der Waals surface area contributed by atoms with Gasteiger partial charge in [-0.1, -0.05) is 25.5 Å². The van der Waals surface area contributed by atoms with Crippen LogP contribution in [0.2, 0.25) is 0 Å². The molecule has 2 N–H and O–H groups in total. The lowest BCUT2D eigenvalue weighted by Crippen LogP contribution is -2.55. The molecule has 37 heavy (non-hydrogen) atoms. The van der Waals surface area contributed by atoms with E-state index in [4.69, 9.17) is 9.15 Å². The summed E-state index contributed by atoms with van der Waals surface area (Å²) in [5, 5.41) is 12.7. The van der Waals surface area contributed by atoms with E-state index in [2.05, 4.69) is 25.2 Å². The van der Waals surface area contributed by atoms with Crippen LogP contribution in [0, 0.1) is 28.6 Å². The molecule has 6 rings (SSSR count). The minimum absolute atomic E-state index is 0.00116. The topological polar surface area (TPSA) is 92.0 Å². The van der Waals surface area contributed by atoms with Crippen molar-refractivity contribution in [1.29, 1.82) is 0 Å². The maximum absolute atomic E-state index is 12.9. The number of piperazine rings is 1. The molecule has 1 amide bonds. The summed E-state index contributed by atoms with van der Waals surface area (Å²) in [6.45, 7) is 6.85. The summed E-state index contributed by atoms with van der Waals surface area (Å²) in [4.78, 5) is 26.2. The SMILES string of the molecule is C[C@]12CC[C@H](OC(=O)N3CCNC(CO)C3)C[C@H]1CC[C@H]1C3=CC[C@H](c4ccc(=O)oc4)[C@@]3(C)CC[C@@H]12. The van der Waals surface area contributed by atoms with Crippen molar-refractivity contribution in [2.45, 2.75) is 83.3 Å². The molecule has 2 heterocycles. The fourth-order valence-electron chi connectivity index (χ4n) is 9.06. The Hall–Kier alpha value is -2.12. The maximum atomic E-state index is 12.9. The first-order valence-corrected chi connectivity index (χ1v) is 14.4. The van der Waals surface area contributed by atoms with E-state index in [1.54, 1.807) is 22.8 Å². The number of carbonyl (C=O) groups excluding carboxylic acids is 1. The Labute approximate surface area is 219 Å². The third kappa shape index (κ3) is 4.26. The zero-order valence-electron chi connectivity index (χ0n) is 22.3. The van der Waals surface area contributed by atoms with Crippen molar-refractivity contribution in [2.75, 3.05) is 26.2 Å². The zero-order valence-corrected chi connectivity index (χ0v) is 22.3. The lowest BCUT2D eigenvalue weighted by atomic mass is 9.46. The van der Waals surface area contributed by atoms with E-state index < -0.39 is 0 Å². The number of amides is 1. The Balaban J connectivity index is 1.12. The van der Waals surface area contributed by atoms with Crippen LogP contribution in [0.1, 0.15) is 76.7 Å². The van der Waals surface area contributed by atoms with Gasteiger partial charge in [-0.3, -0.25) is 0 Å². The average molecular weight is 511 g/mol. The van der Waals surface area contributed by atoms with Gasteiger partial charge in [0.25, 0.3) is 0 Å². The summed E-state index contributed by atoms with van der Waals surface area (Å²) in [6.07, 6.45) is 12.9. The molecule has 0 aromatic carbocycles. The van der Waals surface area contributed by atoms with E-state index in [1.807, 2.05) is 6.07 Å². The number of aliphatic hydroxyl groups is 1. The standard InChI is InChI=1S/C30H42N2O5/c1-29-11-9-22(37-28(35)32-14-13-31-21(16-32)17-33)15-20(29)4-5-23-25-7-6-24(19-3-8-27(34)36-18-19)30(25,2)12-10-26(23)29/h3,7-8,18,20-24,26,31,33H,4-6,9-17H2,1-2H3/t20-,21?,22+,23+,24-,26+,29+,30-/m1/s1. The Morgan fingerprint density at radius 2 is 2.08 bits per heavy atom. The Kier molecular flexibility index (Phi) is 6.51. The van der Waals surface area contributed by atoms with E-state index >= 15 is 0 Å². The predicted molar refractivity (Wildman–Crippen MR) is 140 cm³/mol. The summed E-state index contributed by atoms with van der Waals surface area (Å²) in [5.74, 6) is 2.31. The summed E-state index contributed by atoms with van der Waals surface area (Å²) >= 11 is 0. The minimum Gasteiger partial charge on any atom is -0.446 e. The van der Waals surface area contributed by atoms with Crippen molar-refractivity contribution in [3.05, 3.63) is 46.0 Å². The summed E-state index contributed by atoms with van der Waals surface area (Å²) < 4.78 is 11.3. The molecule has 1 aromatic rings. The highest BCUT2D eigenvalue weighted by Gasteiger charge is 2.58. The molecule has 4 aliphatic carbocycles. The number of hydrogen-bond acceptors (Lipinski definition) is 6. The van der Waals surface area contributed by atoms with E-state index in [0.29, 0.717) is 48.7 Å². The van der Waals surface area contributed by atoms with Crippen molar-refractivity contribution in [2.24, 2.45) is 28.6 Å². The number of rotatable bonds is 3. The number of fused-ring (bicyclic) bond motifs is 5. The lowest BCUT2D eigenvalue weighted by Gasteiger charge is -2.59. The highest BCUT2D eigenvalue weighted by atomic mass is 16.6. The molecule has 5 aliphatic rings. The minimum atomic E-state index is -0.279. The van der Waals surface area contributed by atoms with E-state index in [0.717, 1.165) is 31.2 Å². The van der Waals surface area contributed by atoms with Crippen molar-refractivity contribution in [3.8, 4) is 0 Å². The highest BCUT2D eigenvalue weighted by molar-refractivity contribution is 5.68. The third-order valence-electron chi connectivity index (χ3n) is 11.1. The third-order valence-corrected chi connectivity index (χ3v) is 11.1. The largest absolute Gasteiger partial charge is 0.446 e. The maximum Gasteiger partial charge on any atom is 0.410 e. The van der Waals surface area contributed by atoms with Gasteiger partial charge >= 0.3 is 11.7 Å². The molecule has 0 radical (unpaired) electrons. The molecule has 4 fully saturated rings. The molecule has 8 atom stereocenters. The fourth-order valence-corrected chi connectivity index (χ4v) is 9.06. The van der Waals surface area contributed by atoms with Gasteiger partial charge in [-0.05, 0) is 97.5 Å². The van der Waals surface area contributed by atoms with Crippen molar-refractivity contribution in [1.82, 2.24) is 10.2 Å². The molecule has 202 valence electrons. The fraction of sp³-hybridized carbons (Fsp3) is 0.733.